The van der Waals surface area contributed by atoms with Gasteiger partial charge in [0.2, 0.25) is 17.7 Å². The Bertz CT molecular complexity index is 623. The van der Waals surface area contributed by atoms with Crippen molar-refractivity contribution < 1.29 is 44.1 Å². The molecule has 13 nitrogen and oxygen atoms in total. The zero-order valence-corrected chi connectivity index (χ0v) is 14.9. The molecular weight excluding hydrogens is 380 g/mol. The fourth-order valence-corrected chi connectivity index (χ4v) is 2.04. The first-order valence-electron chi connectivity index (χ1n) is 8.25. The highest BCUT2D eigenvalue weighted by Gasteiger charge is 2.28. The van der Waals surface area contributed by atoms with Crippen molar-refractivity contribution in [3.63, 3.8) is 0 Å². The van der Waals surface area contributed by atoms with Crippen molar-refractivity contribution >= 4 is 35.6 Å². The number of nitrogens with one attached hydrogen (secondary N) is 2. The largest absolute Gasteiger partial charge is 0.481 e. The second-order valence-electron chi connectivity index (χ2n) is 5.94. The van der Waals surface area contributed by atoms with E-state index in [1.807, 2.05) is 0 Å². The van der Waals surface area contributed by atoms with Gasteiger partial charge in [0.15, 0.2) is 0 Å². The van der Waals surface area contributed by atoms with Gasteiger partial charge in [-0.1, -0.05) is 0 Å². The van der Waals surface area contributed by atoms with E-state index in [-0.39, 0.29) is 25.7 Å². The molecule has 9 N–H and O–H groups in total. The van der Waals surface area contributed by atoms with Crippen LogP contribution in [0.2, 0.25) is 0 Å². The highest BCUT2D eigenvalue weighted by atomic mass is 16.4. The molecule has 0 radical (unpaired) electrons. The Morgan fingerprint density at radius 3 is 1.64 bits per heavy atom. The predicted molar refractivity (Wildman–Crippen MR) is 91.6 cm³/mol. The molecule has 0 bridgehead atoms. The molecule has 0 aromatic carbocycles. The number of hydrogen-bond acceptors (Lipinski definition) is 7. The first kappa shape index (κ1) is 24.8. The smallest absolute Gasteiger partial charge is 0.326 e. The summed E-state index contributed by atoms with van der Waals surface area (Å²) in [6.07, 6.45) is -2.10. The maximum atomic E-state index is 12.3. The van der Waals surface area contributed by atoms with Gasteiger partial charge in [0.1, 0.15) is 12.1 Å². The Hall–Kier alpha value is -3.22. The third kappa shape index (κ3) is 10.7. The fourth-order valence-electron chi connectivity index (χ4n) is 2.04. The van der Waals surface area contributed by atoms with Gasteiger partial charge in [-0.2, -0.15) is 0 Å². The molecule has 0 unspecified atom stereocenters. The minimum absolute atomic E-state index is 0.217. The molecule has 3 amide bonds. The van der Waals surface area contributed by atoms with Crippen LogP contribution in [0, 0.1) is 0 Å². The molecule has 0 aliphatic rings. The molecule has 0 aromatic heterocycles. The van der Waals surface area contributed by atoms with Crippen molar-refractivity contribution in [2.45, 2.75) is 56.7 Å². The molecule has 28 heavy (non-hydrogen) atoms. The van der Waals surface area contributed by atoms with Gasteiger partial charge in [0, 0.05) is 19.3 Å². The maximum absolute atomic E-state index is 12.3. The van der Waals surface area contributed by atoms with Crippen LogP contribution in [0.3, 0.4) is 0 Å². The number of hydrogen-bond donors (Lipinski definition) is 7. The second kappa shape index (κ2) is 12.2. The number of amides is 3. The standard InChI is InChI=1S/C15H24N4O9/c16-7(1-5-11(21)22)13(25)18-8(3-6-12(23)24)14(26)19-9(15(27)28)2-4-10(17)20/h7-9H,1-6,16H2,(H2,17,20)(H,18,25)(H,19,26)(H,21,22)(H,23,24)(H,27,28)/t7-,8-,9-/m0/s1. The third-order valence-corrected chi connectivity index (χ3v) is 3.58. The van der Waals surface area contributed by atoms with Crippen molar-refractivity contribution in [3.8, 4) is 0 Å². The molecule has 0 saturated carbocycles. The Morgan fingerprint density at radius 1 is 0.714 bits per heavy atom. The van der Waals surface area contributed by atoms with Gasteiger partial charge in [-0.3, -0.25) is 24.0 Å². The van der Waals surface area contributed by atoms with E-state index >= 15 is 0 Å². The average molecular weight is 404 g/mol. The van der Waals surface area contributed by atoms with E-state index < -0.39 is 66.6 Å². The van der Waals surface area contributed by atoms with E-state index in [4.69, 9.17) is 26.8 Å². The lowest BCUT2D eigenvalue weighted by Crippen LogP contribution is -2.54. The first-order chi connectivity index (χ1) is 12.9. The number of carboxylic acid groups (broad SMARTS) is 3. The average Bonchev–Trinajstić information content (AvgIpc) is 2.58. The first-order valence-corrected chi connectivity index (χ1v) is 8.25. The van der Waals surface area contributed by atoms with Crippen LogP contribution in [0.1, 0.15) is 38.5 Å². The van der Waals surface area contributed by atoms with Gasteiger partial charge >= 0.3 is 17.9 Å². The summed E-state index contributed by atoms with van der Waals surface area (Å²) in [5.41, 5.74) is 10.5. The van der Waals surface area contributed by atoms with Crippen LogP contribution in [0.4, 0.5) is 0 Å². The number of nitrogens with two attached hydrogens (primary N) is 2. The molecule has 3 atom stereocenters. The van der Waals surface area contributed by atoms with Crippen LogP contribution in [-0.2, 0) is 28.8 Å². The summed E-state index contributed by atoms with van der Waals surface area (Å²) in [4.78, 5) is 67.6. The van der Waals surface area contributed by atoms with Crippen LogP contribution in [0.15, 0.2) is 0 Å². The van der Waals surface area contributed by atoms with E-state index in [1.165, 1.54) is 0 Å². The van der Waals surface area contributed by atoms with Gasteiger partial charge in [0.05, 0.1) is 6.04 Å². The highest BCUT2D eigenvalue weighted by Crippen LogP contribution is 2.04. The number of carbonyl (C=O) groups excluding carboxylic acids is 3. The molecule has 0 spiro atoms. The van der Waals surface area contributed by atoms with Crippen molar-refractivity contribution in [1.82, 2.24) is 10.6 Å². The number of primary amides is 1. The van der Waals surface area contributed by atoms with E-state index in [0.29, 0.717) is 0 Å². The van der Waals surface area contributed by atoms with Gasteiger partial charge < -0.3 is 37.4 Å². The Morgan fingerprint density at radius 2 is 1.18 bits per heavy atom. The molecule has 0 aliphatic carbocycles. The molecule has 0 aromatic rings. The predicted octanol–water partition coefficient (Wildman–Crippen LogP) is -2.64. The zero-order chi connectivity index (χ0) is 21.9. The summed E-state index contributed by atoms with van der Waals surface area (Å²) in [6, 6.07) is -4.17. The zero-order valence-electron chi connectivity index (χ0n) is 14.9. The highest BCUT2D eigenvalue weighted by molar-refractivity contribution is 5.92. The van der Waals surface area contributed by atoms with E-state index in [9.17, 15) is 28.8 Å². The van der Waals surface area contributed by atoms with Crippen molar-refractivity contribution in [3.05, 3.63) is 0 Å². The molecule has 158 valence electrons. The molecule has 0 saturated heterocycles. The van der Waals surface area contributed by atoms with Crippen LogP contribution < -0.4 is 22.1 Å². The minimum atomic E-state index is -1.48. The van der Waals surface area contributed by atoms with Crippen LogP contribution in [0.5, 0.6) is 0 Å². The van der Waals surface area contributed by atoms with Crippen molar-refractivity contribution in [2.24, 2.45) is 11.5 Å². The normalized spacial score (nSPS) is 13.6. The van der Waals surface area contributed by atoms with Gasteiger partial charge in [-0.05, 0) is 19.3 Å². The van der Waals surface area contributed by atoms with E-state index in [2.05, 4.69) is 10.6 Å². The number of carboxylic acids is 3. The Balaban J connectivity index is 5.08. The molecule has 0 rings (SSSR count). The summed E-state index contributed by atoms with van der Waals surface area (Å²) in [7, 11) is 0. The number of aliphatic carboxylic acids is 3. The summed E-state index contributed by atoms with van der Waals surface area (Å²) in [5.74, 6) is -6.54. The summed E-state index contributed by atoms with van der Waals surface area (Å²) in [5, 5.41) is 30.8. The Kier molecular flexibility index (Phi) is 10.8. The fraction of sp³-hybridized carbons (Fsp3) is 0.600. The molecule has 13 heteroatoms. The van der Waals surface area contributed by atoms with Gasteiger partial charge in [0.25, 0.3) is 0 Å². The van der Waals surface area contributed by atoms with Crippen molar-refractivity contribution in [1.29, 1.82) is 0 Å². The number of rotatable bonds is 14. The lowest BCUT2D eigenvalue weighted by atomic mass is 10.1. The molecule has 0 fully saturated rings. The molecule has 0 heterocycles. The number of carbonyl (C=O) groups is 6. The summed E-state index contributed by atoms with van der Waals surface area (Å²) < 4.78 is 0. The van der Waals surface area contributed by atoms with Crippen molar-refractivity contribution in [2.75, 3.05) is 0 Å². The lowest BCUT2D eigenvalue weighted by molar-refractivity contribution is -0.143. The Labute approximate surface area is 159 Å². The van der Waals surface area contributed by atoms with Gasteiger partial charge in [-0.15, -0.1) is 0 Å². The summed E-state index contributed by atoms with van der Waals surface area (Å²) in [6.45, 7) is 0. The monoisotopic (exact) mass is 404 g/mol. The third-order valence-electron chi connectivity index (χ3n) is 3.58. The minimum Gasteiger partial charge on any atom is -0.481 e. The maximum Gasteiger partial charge on any atom is 0.326 e. The van der Waals surface area contributed by atoms with Crippen LogP contribution in [0.25, 0.3) is 0 Å². The SMILES string of the molecule is NC(=O)CC[C@H](NC(=O)[C@H](CCC(=O)O)NC(=O)[C@@H](N)CCC(=O)O)C(=O)O. The lowest BCUT2D eigenvalue weighted by Gasteiger charge is -2.22. The second-order valence-corrected chi connectivity index (χ2v) is 5.94. The van der Waals surface area contributed by atoms with Crippen LogP contribution in [-0.4, -0.2) is 69.1 Å². The van der Waals surface area contributed by atoms with Gasteiger partial charge in [-0.25, -0.2) is 4.79 Å². The summed E-state index contributed by atoms with van der Waals surface area (Å²) >= 11 is 0. The van der Waals surface area contributed by atoms with E-state index in [0.717, 1.165) is 0 Å². The molecule has 0 aliphatic heterocycles. The topological polar surface area (TPSA) is 239 Å². The molecular formula is C15H24N4O9. The quantitative estimate of drug-likeness (QED) is 0.159. The van der Waals surface area contributed by atoms with Crippen LogP contribution >= 0.6 is 0 Å². The van der Waals surface area contributed by atoms with E-state index in [1.54, 1.807) is 0 Å².